The van der Waals surface area contributed by atoms with Crippen LogP contribution < -0.4 is 4.90 Å². The van der Waals surface area contributed by atoms with Gasteiger partial charge in [-0.2, -0.15) is 5.10 Å². The summed E-state index contributed by atoms with van der Waals surface area (Å²) in [6.45, 7) is 3.29. The highest BCUT2D eigenvalue weighted by atomic mass is 16.4. The van der Waals surface area contributed by atoms with E-state index in [-0.39, 0.29) is 18.9 Å². The zero-order valence-corrected chi connectivity index (χ0v) is 12.0. The summed E-state index contributed by atoms with van der Waals surface area (Å²) < 4.78 is 0. The number of hydrogen-bond donors (Lipinski definition) is 2. The first kappa shape index (κ1) is 14.8. The van der Waals surface area contributed by atoms with Gasteiger partial charge in [-0.25, -0.2) is 0 Å². The van der Waals surface area contributed by atoms with Gasteiger partial charge in [0, 0.05) is 16.9 Å². The number of rotatable bonds is 5. The molecular formula is C15H17N3O3. The van der Waals surface area contributed by atoms with Gasteiger partial charge in [-0.05, 0) is 26.0 Å². The van der Waals surface area contributed by atoms with Crippen LogP contribution in [0.3, 0.4) is 0 Å². The van der Waals surface area contributed by atoms with Crippen LogP contribution in [-0.4, -0.2) is 33.7 Å². The molecule has 110 valence electrons. The third kappa shape index (κ3) is 3.47. The van der Waals surface area contributed by atoms with Crippen molar-refractivity contribution in [2.24, 2.45) is 0 Å². The van der Waals surface area contributed by atoms with E-state index in [1.54, 1.807) is 24.3 Å². The van der Waals surface area contributed by atoms with Gasteiger partial charge in [-0.1, -0.05) is 18.2 Å². The molecule has 0 aliphatic rings. The SMILES string of the molecule is Cc1n[nH]c(C)c1CC(=O)N(CC(=O)O)c1ccccc1. The second kappa shape index (κ2) is 6.21. The second-order valence-corrected chi connectivity index (χ2v) is 4.80. The molecule has 0 fully saturated rings. The van der Waals surface area contributed by atoms with E-state index < -0.39 is 5.97 Å². The van der Waals surface area contributed by atoms with Gasteiger partial charge in [-0.3, -0.25) is 14.7 Å². The van der Waals surface area contributed by atoms with Gasteiger partial charge >= 0.3 is 5.97 Å². The molecule has 2 aromatic rings. The first-order valence-corrected chi connectivity index (χ1v) is 6.56. The Labute approximate surface area is 122 Å². The smallest absolute Gasteiger partial charge is 0.323 e. The molecule has 2 N–H and O–H groups in total. The average molecular weight is 287 g/mol. The summed E-state index contributed by atoms with van der Waals surface area (Å²) in [4.78, 5) is 24.8. The van der Waals surface area contributed by atoms with E-state index in [1.165, 1.54) is 4.90 Å². The molecule has 1 aromatic heterocycles. The van der Waals surface area contributed by atoms with E-state index in [0.29, 0.717) is 5.69 Å². The third-order valence-electron chi connectivity index (χ3n) is 3.27. The number of aromatic amines is 1. The number of para-hydroxylation sites is 1. The predicted octanol–water partition coefficient (Wildman–Crippen LogP) is 1.69. The van der Waals surface area contributed by atoms with Crippen molar-refractivity contribution < 1.29 is 14.7 Å². The summed E-state index contributed by atoms with van der Waals surface area (Å²) in [6.07, 6.45) is 0.121. The van der Waals surface area contributed by atoms with Crippen LogP contribution in [0.15, 0.2) is 30.3 Å². The zero-order chi connectivity index (χ0) is 15.4. The van der Waals surface area contributed by atoms with Crippen LogP contribution in [0.5, 0.6) is 0 Å². The number of aliphatic carboxylic acids is 1. The molecule has 0 unspecified atom stereocenters. The summed E-state index contributed by atoms with van der Waals surface area (Å²) in [5.74, 6) is -1.32. The number of aryl methyl sites for hydroxylation is 2. The number of carboxylic acids is 1. The number of carbonyl (C=O) groups is 2. The highest BCUT2D eigenvalue weighted by Gasteiger charge is 2.21. The molecule has 0 atom stereocenters. The van der Waals surface area contributed by atoms with Crippen molar-refractivity contribution in [2.45, 2.75) is 20.3 Å². The minimum Gasteiger partial charge on any atom is -0.480 e. The molecule has 0 spiro atoms. The van der Waals surface area contributed by atoms with Gasteiger partial charge in [-0.15, -0.1) is 0 Å². The number of carboxylic acid groups (broad SMARTS) is 1. The minimum absolute atomic E-state index is 0.121. The van der Waals surface area contributed by atoms with Crippen molar-refractivity contribution in [3.05, 3.63) is 47.3 Å². The molecule has 1 heterocycles. The number of amides is 1. The predicted molar refractivity (Wildman–Crippen MR) is 78.2 cm³/mol. The van der Waals surface area contributed by atoms with E-state index >= 15 is 0 Å². The van der Waals surface area contributed by atoms with Gasteiger partial charge in [0.15, 0.2) is 0 Å². The Bertz CT molecular complexity index is 630. The lowest BCUT2D eigenvalue weighted by molar-refractivity contribution is -0.136. The number of carbonyl (C=O) groups excluding carboxylic acids is 1. The molecule has 2 rings (SSSR count). The van der Waals surface area contributed by atoms with Gasteiger partial charge < -0.3 is 10.0 Å². The van der Waals surface area contributed by atoms with Crippen molar-refractivity contribution in [1.29, 1.82) is 0 Å². The van der Waals surface area contributed by atoms with Gasteiger partial charge in [0.1, 0.15) is 6.54 Å². The maximum atomic E-state index is 12.5. The standard InChI is InChI=1S/C15H17N3O3/c1-10-13(11(2)17-16-10)8-14(19)18(9-15(20)21)12-6-4-3-5-7-12/h3-7H,8-9H2,1-2H3,(H,16,17)(H,20,21). The fourth-order valence-corrected chi connectivity index (χ4v) is 2.15. The number of benzene rings is 1. The number of nitrogens with one attached hydrogen (secondary N) is 1. The maximum Gasteiger partial charge on any atom is 0.323 e. The molecule has 0 bridgehead atoms. The first-order chi connectivity index (χ1) is 9.99. The van der Waals surface area contributed by atoms with E-state index in [9.17, 15) is 9.59 Å². The third-order valence-corrected chi connectivity index (χ3v) is 3.27. The van der Waals surface area contributed by atoms with Crippen LogP contribution in [0.4, 0.5) is 5.69 Å². The van der Waals surface area contributed by atoms with E-state index in [1.807, 2.05) is 19.9 Å². The Morgan fingerprint density at radius 3 is 2.43 bits per heavy atom. The fourth-order valence-electron chi connectivity index (χ4n) is 2.15. The summed E-state index contributed by atoms with van der Waals surface area (Å²) in [5.41, 5.74) is 2.96. The van der Waals surface area contributed by atoms with Gasteiger partial charge in [0.25, 0.3) is 0 Å². The Balaban J connectivity index is 2.25. The molecule has 0 aliphatic heterocycles. The number of hydrogen-bond acceptors (Lipinski definition) is 3. The molecule has 6 nitrogen and oxygen atoms in total. The molecule has 0 radical (unpaired) electrons. The van der Waals surface area contributed by atoms with Crippen molar-refractivity contribution in [1.82, 2.24) is 10.2 Å². The van der Waals surface area contributed by atoms with Crippen molar-refractivity contribution in [2.75, 3.05) is 11.4 Å². The maximum absolute atomic E-state index is 12.5. The Morgan fingerprint density at radius 1 is 1.24 bits per heavy atom. The van der Waals surface area contributed by atoms with E-state index in [4.69, 9.17) is 5.11 Å². The molecular weight excluding hydrogens is 270 g/mol. The molecule has 6 heteroatoms. The lowest BCUT2D eigenvalue weighted by atomic mass is 10.1. The van der Waals surface area contributed by atoms with Crippen LogP contribution in [0.1, 0.15) is 17.0 Å². The number of anilines is 1. The molecule has 0 aliphatic carbocycles. The Kier molecular flexibility index (Phi) is 4.37. The van der Waals surface area contributed by atoms with Crippen LogP contribution in [0.25, 0.3) is 0 Å². The zero-order valence-electron chi connectivity index (χ0n) is 12.0. The van der Waals surface area contributed by atoms with Gasteiger partial charge in [0.2, 0.25) is 5.91 Å². The summed E-state index contributed by atoms with van der Waals surface area (Å²) >= 11 is 0. The molecule has 21 heavy (non-hydrogen) atoms. The number of H-pyrrole nitrogens is 1. The van der Waals surface area contributed by atoms with Crippen LogP contribution in [0, 0.1) is 13.8 Å². The molecule has 1 aromatic carbocycles. The lowest BCUT2D eigenvalue weighted by Crippen LogP contribution is -2.36. The topological polar surface area (TPSA) is 86.3 Å². The molecule has 1 amide bonds. The summed E-state index contributed by atoms with van der Waals surface area (Å²) in [5, 5.41) is 15.9. The molecule has 0 saturated carbocycles. The Morgan fingerprint density at radius 2 is 1.90 bits per heavy atom. The minimum atomic E-state index is -1.05. The Hall–Kier alpha value is -2.63. The van der Waals surface area contributed by atoms with Crippen LogP contribution in [-0.2, 0) is 16.0 Å². The van der Waals surface area contributed by atoms with Crippen LogP contribution >= 0.6 is 0 Å². The second-order valence-electron chi connectivity index (χ2n) is 4.80. The fraction of sp³-hybridized carbons (Fsp3) is 0.267. The van der Waals surface area contributed by atoms with Gasteiger partial charge in [0.05, 0.1) is 12.1 Å². The van der Waals surface area contributed by atoms with Crippen molar-refractivity contribution >= 4 is 17.6 Å². The largest absolute Gasteiger partial charge is 0.480 e. The molecule has 0 saturated heterocycles. The van der Waals surface area contributed by atoms with Crippen LogP contribution in [0.2, 0.25) is 0 Å². The quantitative estimate of drug-likeness (QED) is 0.876. The van der Waals surface area contributed by atoms with Crippen molar-refractivity contribution in [3.63, 3.8) is 0 Å². The highest BCUT2D eigenvalue weighted by molar-refractivity contribution is 5.98. The highest BCUT2D eigenvalue weighted by Crippen LogP contribution is 2.17. The van der Waals surface area contributed by atoms with Crippen molar-refractivity contribution in [3.8, 4) is 0 Å². The average Bonchev–Trinajstić information content (AvgIpc) is 2.77. The normalized spacial score (nSPS) is 10.4. The monoisotopic (exact) mass is 287 g/mol. The summed E-state index contributed by atoms with van der Waals surface area (Å²) in [7, 11) is 0. The van der Waals surface area contributed by atoms with E-state index in [0.717, 1.165) is 17.0 Å². The number of nitrogens with zero attached hydrogens (tertiary/aromatic N) is 2. The first-order valence-electron chi connectivity index (χ1n) is 6.56. The van der Waals surface area contributed by atoms with E-state index in [2.05, 4.69) is 10.2 Å². The number of aromatic nitrogens is 2. The summed E-state index contributed by atoms with van der Waals surface area (Å²) in [6, 6.07) is 8.79. The lowest BCUT2D eigenvalue weighted by Gasteiger charge is -2.21.